The SMILES string of the molecule is Cn1cc(CN2CC[C@H](CNC(=O)NCc3ccccc3)C2)cn1. The van der Waals surface area contributed by atoms with Gasteiger partial charge in [0.2, 0.25) is 0 Å². The van der Waals surface area contributed by atoms with Crippen molar-refractivity contribution in [2.45, 2.75) is 19.5 Å². The lowest BCUT2D eigenvalue weighted by molar-refractivity contribution is 0.238. The largest absolute Gasteiger partial charge is 0.338 e. The number of carbonyl (C=O) groups is 1. The third kappa shape index (κ3) is 4.83. The average molecular weight is 327 g/mol. The Hall–Kier alpha value is -2.34. The van der Waals surface area contributed by atoms with Gasteiger partial charge in [0.05, 0.1) is 6.20 Å². The van der Waals surface area contributed by atoms with Crippen molar-refractivity contribution in [3.05, 3.63) is 53.9 Å². The number of carbonyl (C=O) groups excluding carboxylic acids is 1. The van der Waals surface area contributed by atoms with E-state index in [2.05, 4.69) is 26.8 Å². The summed E-state index contributed by atoms with van der Waals surface area (Å²) in [7, 11) is 1.94. The zero-order valence-corrected chi connectivity index (χ0v) is 14.1. The van der Waals surface area contributed by atoms with Crippen LogP contribution < -0.4 is 10.6 Å². The quantitative estimate of drug-likeness (QED) is 0.849. The Bertz CT molecular complexity index is 654. The number of rotatable bonds is 6. The molecule has 1 saturated heterocycles. The Balaban J connectivity index is 1.34. The van der Waals surface area contributed by atoms with Gasteiger partial charge in [-0.05, 0) is 24.4 Å². The highest BCUT2D eigenvalue weighted by atomic mass is 16.2. The Kier molecular flexibility index (Phi) is 5.48. The van der Waals surface area contributed by atoms with Crippen LogP contribution in [0.4, 0.5) is 4.79 Å². The monoisotopic (exact) mass is 327 g/mol. The molecule has 1 aliphatic heterocycles. The first kappa shape index (κ1) is 16.5. The van der Waals surface area contributed by atoms with E-state index >= 15 is 0 Å². The van der Waals surface area contributed by atoms with Crippen LogP contribution in [0.5, 0.6) is 0 Å². The summed E-state index contributed by atoms with van der Waals surface area (Å²) in [6.07, 6.45) is 5.10. The van der Waals surface area contributed by atoms with Crippen LogP contribution in [0, 0.1) is 5.92 Å². The highest BCUT2D eigenvalue weighted by Gasteiger charge is 2.23. The molecule has 0 spiro atoms. The Morgan fingerprint density at radius 1 is 1.25 bits per heavy atom. The lowest BCUT2D eigenvalue weighted by Crippen LogP contribution is -2.38. The van der Waals surface area contributed by atoms with Crippen LogP contribution in [0.1, 0.15) is 17.5 Å². The van der Waals surface area contributed by atoms with Gasteiger partial charge in [0.15, 0.2) is 0 Å². The molecule has 2 heterocycles. The van der Waals surface area contributed by atoms with E-state index < -0.39 is 0 Å². The van der Waals surface area contributed by atoms with Crippen LogP contribution in [0.25, 0.3) is 0 Å². The van der Waals surface area contributed by atoms with E-state index in [9.17, 15) is 4.79 Å². The Morgan fingerprint density at radius 2 is 2.08 bits per heavy atom. The number of aromatic nitrogens is 2. The lowest BCUT2D eigenvalue weighted by Gasteiger charge is -2.15. The van der Waals surface area contributed by atoms with Gasteiger partial charge < -0.3 is 10.6 Å². The number of aryl methyl sites for hydroxylation is 1. The predicted molar refractivity (Wildman–Crippen MR) is 93.3 cm³/mol. The summed E-state index contributed by atoms with van der Waals surface area (Å²) in [6.45, 7) is 4.32. The molecule has 24 heavy (non-hydrogen) atoms. The number of urea groups is 1. The molecule has 1 atom stereocenters. The van der Waals surface area contributed by atoms with Crippen molar-refractivity contribution < 1.29 is 4.79 Å². The van der Waals surface area contributed by atoms with Gasteiger partial charge in [0.1, 0.15) is 0 Å². The summed E-state index contributed by atoms with van der Waals surface area (Å²) in [6, 6.07) is 9.85. The summed E-state index contributed by atoms with van der Waals surface area (Å²) in [5.74, 6) is 0.518. The van der Waals surface area contributed by atoms with E-state index in [-0.39, 0.29) is 6.03 Å². The summed E-state index contributed by atoms with van der Waals surface area (Å²) in [5, 5.41) is 10.1. The van der Waals surface area contributed by atoms with Crippen LogP contribution in [-0.2, 0) is 20.1 Å². The highest BCUT2D eigenvalue weighted by Crippen LogP contribution is 2.17. The van der Waals surface area contributed by atoms with E-state index in [1.807, 2.05) is 48.3 Å². The van der Waals surface area contributed by atoms with Crippen LogP contribution in [-0.4, -0.2) is 40.3 Å². The molecule has 1 aromatic heterocycles. The molecule has 2 amide bonds. The lowest BCUT2D eigenvalue weighted by atomic mass is 10.1. The standard InChI is InChI=1S/C18H25N5O/c1-22-12-17(11-21-22)14-23-8-7-16(13-23)10-20-18(24)19-9-15-5-3-2-4-6-15/h2-6,11-12,16H,7-10,13-14H2,1H3,(H2,19,20,24)/t16-/m1/s1. The number of hydrogen-bond donors (Lipinski definition) is 2. The fourth-order valence-electron chi connectivity index (χ4n) is 3.11. The van der Waals surface area contributed by atoms with Crippen molar-refractivity contribution in [1.29, 1.82) is 0 Å². The van der Waals surface area contributed by atoms with Gasteiger partial charge in [-0.25, -0.2) is 4.79 Å². The van der Waals surface area contributed by atoms with Gasteiger partial charge in [-0.1, -0.05) is 30.3 Å². The van der Waals surface area contributed by atoms with E-state index in [0.717, 1.165) is 38.2 Å². The van der Waals surface area contributed by atoms with Crippen LogP contribution >= 0.6 is 0 Å². The fourth-order valence-corrected chi connectivity index (χ4v) is 3.11. The molecular formula is C18H25N5O. The molecule has 1 aliphatic rings. The van der Waals surface area contributed by atoms with E-state index in [0.29, 0.717) is 12.5 Å². The maximum absolute atomic E-state index is 11.9. The molecule has 1 aromatic carbocycles. The molecule has 6 heteroatoms. The smallest absolute Gasteiger partial charge is 0.315 e. The van der Waals surface area contributed by atoms with Gasteiger partial charge in [0, 0.05) is 45.0 Å². The summed E-state index contributed by atoms with van der Waals surface area (Å²) < 4.78 is 1.83. The molecule has 128 valence electrons. The first-order chi connectivity index (χ1) is 11.7. The third-order valence-corrected chi connectivity index (χ3v) is 4.38. The number of nitrogens with zero attached hydrogens (tertiary/aromatic N) is 3. The molecule has 1 fully saturated rings. The maximum atomic E-state index is 11.9. The molecule has 6 nitrogen and oxygen atoms in total. The van der Waals surface area contributed by atoms with Crippen LogP contribution in [0.3, 0.4) is 0 Å². The van der Waals surface area contributed by atoms with Crippen molar-refractivity contribution in [2.24, 2.45) is 13.0 Å². The van der Waals surface area contributed by atoms with Crippen LogP contribution in [0.15, 0.2) is 42.7 Å². The Labute approximate surface area is 142 Å². The number of nitrogens with one attached hydrogen (secondary N) is 2. The van der Waals surface area contributed by atoms with Gasteiger partial charge in [-0.3, -0.25) is 9.58 Å². The second kappa shape index (κ2) is 7.97. The van der Waals surface area contributed by atoms with Crippen molar-refractivity contribution in [3.63, 3.8) is 0 Å². The topological polar surface area (TPSA) is 62.2 Å². The number of likely N-dealkylation sites (tertiary alicyclic amines) is 1. The molecule has 2 N–H and O–H groups in total. The molecular weight excluding hydrogens is 302 g/mol. The van der Waals surface area contributed by atoms with Crippen molar-refractivity contribution in [1.82, 2.24) is 25.3 Å². The average Bonchev–Trinajstić information content (AvgIpc) is 3.21. The zero-order valence-electron chi connectivity index (χ0n) is 14.1. The van der Waals surface area contributed by atoms with Gasteiger partial charge >= 0.3 is 6.03 Å². The molecule has 0 bridgehead atoms. The molecule has 3 rings (SSSR count). The summed E-state index contributed by atoms with van der Waals surface area (Å²) in [4.78, 5) is 14.3. The highest BCUT2D eigenvalue weighted by molar-refractivity contribution is 5.73. The van der Waals surface area contributed by atoms with E-state index in [1.54, 1.807) is 0 Å². The second-order valence-electron chi connectivity index (χ2n) is 6.46. The maximum Gasteiger partial charge on any atom is 0.315 e. The normalized spacial score (nSPS) is 17.8. The number of benzene rings is 1. The molecule has 0 saturated carbocycles. The molecule has 2 aromatic rings. The molecule has 0 unspecified atom stereocenters. The first-order valence-corrected chi connectivity index (χ1v) is 8.44. The van der Waals surface area contributed by atoms with Crippen LogP contribution in [0.2, 0.25) is 0 Å². The Morgan fingerprint density at radius 3 is 2.83 bits per heavy atom. The molecule has 0 radical (unpaired) electrons. The minimum absolute atomic E-state index is 0.0930. The number of amides is 2. The van der Waals surface area contributed by atoms with Gasteiger partial charge in [-0.2, -0.15) is 5.10 Å². The summed E-state index contributed by atoms with van der Waals surface area (Å²) >= 11 is 0. The predicted octanol–water partition coefficient (Wildman–Crippen LogP) is 1.74. The van der Waals surface area contributed by atoms with E-state index in [1.165, 1.54) is 5.56 Å². The van der Waals surface area contributed by atoms with Crippen molar-refractivity contribution in [2.75, 3.05) is 19.6 Å². The van der Waals surface area contributed by atoms with Crippen molar-refractivity contribution in [3.8, 4) is 0 Å². The summed E-state index contributed by atoms with van der Waals surface area (Å²) in [5.41, 5.74) is 2.35. The second-order valence-corrected chi connectivity index (χ2v) is 6.46. The minimum Gasteiger partial charge on any atom is -0.338 e. The minimum atomic E-state index is -0.0930. The molecule has 0 aliphatic carbocycles. The first-order valence-electron chi connectivity index (χ1n) is 8.44. The van der Waals surface area contributed by atoms with Gasteiger partial charge in [0.25, 0.3) is 0 Å². The van der Waals surface area contributed by atoms with E-state index in [4.69, 9.17) is 0 Å². The van der Waals surface area contributed by atoms with Gasteiger partial charge in [-0.15, -0.1) is 0 Å². The van der Waals surface area contributed by atoms with Crippen molar-refractivity contribution >= 4 is 6.03 Å². The zero-order chi connectivity index (χ0) is 16.8. The fraction of sp³-hybridized carbons (Fsp3) is 0.444. The number of hydrogen-bond acceptors (Lipinski definition) is 3. The third-order valence-electron chi connectivity index (χ3n) is 4.38.